The molecule has 0 saturated carbocycles. The molecule has 0 bridgehead atoms. The van der Waals surface area contributed by atoms with Crippen molar-refractivity contribution in [2.45, 2.75) is 32.4 Å². The Morgan fingerprint density at radius 1 is 1.50 bits per heavy atom. The van der Waals surface area contributed by atoms with Gasteiger partial charge in [0.25, 0.3) is 0 Å². The number of ether oxygens (including phenoxy) is 1. The van der Waals surface area contributed by atoms with E-state index in [2.05, 4.69) is 13.5 Å². The summed E-state index contributed by atoms with van der Waals surface area (Å²) in [5.41, 5.74) is 0.459. The Bertz CT molecular complexity index is 188. The van der Waals surface area contributed by atoms with Gasteiger partial charge in [0.1, 0.15) is 0 Å². The van der Waals surface area contributed by atoms with Gasteiger partial charge in [-0.3, -0.25) is 0 Å². The summed E-state index contributed by atoms with van der Waals surface area (Å²) in [6.45, 7) is 7.79. The highest BCUT2D eigenvalue weighted by molar-refractivity contribution is 6.51. The summed E-state index contributed by atoms with van der Waals surface area (Å²) >= 11 is 0. The zero-order chi connectivity index (χ0) is 11.0. The lowest BCUT2D eigenvalue weighted by Crippen LogP contribution is -2.15. The fourth-order valence-electron chi connectivity index (χ4n) is 1.09. The molecule has 0 fully saturated rings. The third-order valence-corrected chi connectivity index (χ3v) is 4.67. The van der Waals surface area contributed by atoms with Crippen molar-refractivity contribution in [3.63, 3.8) is 0 Å². The Morgan fingerprint density at radius 3 is 2.57 bits per heavy atom. The molecule has 0 aliphatic heterocycles. The molecular weight excluding hydrogens is 196 g/mol. The number of carbonyl (C=O) groups excluding carboxylic acids is 1. The van der Waals surface area contributed by atoms with E-state index in [1.165, 1.54) is 0 Å². The van der Waals surface area contributed by atoms with E-state index in [4.69, 9.17) is 9.16 Å². The fourth-order valence-corrected chi connectivity index (χ4v) is 2.69. The van der Waals surface area contributed by atoms with Crippen molar-refractivity contribution in [2.75, 3.05) is 13.7 Å². The number of esters is 1. The topological polar surface area (TPSA) is 35.5 Å². The standard InChI is InChI=1S/C10H20O3Si/c1-5-14(12-4)8-6-7-13-10(11)9(2)3/h14H,2,5-8H2,1,3-4H3. The summed E-state index contributed by atoms with van der Waals surface area (Å²) in [5.74, 6) is -0.294. The van der Waals surface area contributed by atoms with Crippen molar-refractivity contribution in [2.24, 2.45) is 0 Å². The van der Waals surface area contributed by atoms with Crippen LogP contribution in [0.25, 0.3) is 0 Å². The second-order valence-corrected chi connectivity index (χ2v) is 6.43. The van der Waals surface area contributed by atoms with Gasteiger partial charge in [-0.1, -0.05) is 13.5 Å². The van der Waals surface area contributed by atoms with Gasteiger partial charge < -0.3 is 9.16 Å². The van der Waals surface area contributed by atoms with E-state index < -0.39 is 9.04 Å². The predicted molar refractivity (Wildman–Crippen MR) is 59.8 cm³/mol. The van der Waals surface area contributed by atoms with Gasteiger partial charge in [0, 0.05) is 12.7 Å². The van der Waals surface area contributed by atoms with E-state index in [0.717, 1.165) is 18.5 Å². The molecule has 0 aromatic rings. The first-order valence-electron chi connectivity index (χ1n) is 4.97. The van der Waals surface area contributed by atoms with Gasteiger partial charge in [0.2, 0.25) is 0 Å². The first-order valence-corrected chi connectivity index (χ1v) is 7.07. The monoisotopic (exact) mass is 216 g/mol. The molecule has 0 aromatic heterocycles. The lowest BCUT2D eigenvalue weighted by atomic mass is 10.4. The molecule has 4 heteroatoms. The van der Waals surface area contributed by atoms with E-state index in [1.54, 1.807) is 14.0 Å². The molecular formula is C10H20O3Si. The van der Waals surface area contributed by atoms with Crippen molar-refractivity contribution >= 4 is 15.0 Å². The van der Waals surface area contributed by atoms with Crippen LogP contribution in [0.3, 0.4) is 0 Å². The van der Waals surface area contributed by atoms with Crippen molar-refractivity contribution in [3.8, 4) is 0 Å². The lowest BCUT2D eigenvalue weighted by molar-refractivity contribution is -0.138. The third kappa shape index (κ3) is 5.94. The van der Waals surface area contributed by atoms with Crippen molar-refractivity contribution in [3.05, 3.63) is 12.2 Å². The van der Waals surface area contributed by atoms with Crippen LogP contribution in [0.4, 0.5) is 0 Å². The van der Waals surface area contributed by atoms with Crippen LogP contribution in [0.2, 0.25) is 12.1 Å². The van der Waals surface area contributed by atoms with E-state index in [0.29, 0.717) is 12.2 Å². The highest BCUT2D eigenvalue weighted by Crippen LogP contribution is 2.04. The van der Waals surface area contributed by atoms with Crippen LogP contribution in [-0.2, 0) is 14.0 Å². The maximum Gasteiger partial charge on any atom is 0.333 e. The van der Waals surface area contributed by atoms with Gasteiger partial charge in [-0.2, -0.15) is 0 Å². The minimum absolute atomic E-state index is 0.294. The number of carbonyl (C=O) groups is 1. The molecule has 0 aliphatic rings. The normalized spacial score (nSPS) is 12.2. The molecule has 0 aliphatic carbocycles. The summed E-state index contributed by atoms with van der Waals surface area (Å²) in [6, 6.07) is 2.20. The molecule has 3 nitrogen and oxygen atoms in total. The smallest absolute Gasteiger partial charge is 0.333 e. The van der Waals surface area contributed by atoms with Gasteiger partial charge in [0.15, 0.2) is 9.04 Å². The van der Waals surface area contributed by atoms with Gasteiger partial charge in [0.05, 0.1) is 6.61 Å². The average molecular weight is 216 g/mol. The molecule has 0 N–H and O–H groups in total. The molecule has 0 radical (unpaired) electrons. The zero-order valence-corrected chi connectivity index (χ0v) is 10.5. The SMILES string of the molecule is C=C(C)C(=O)OCCC[SiH](CC)OC. The van der Waals surface area contributed by atoms with E-state index >= 15 is 0 Å². The van der Waals surface area contributed by atoms with E-state index in [-0.39, 0.29) is 5.97 Å². The molecule has 0 heterocycles. The maximum absolute atomic E-state index is 11.0. The maximum atomic E-state index is 11.0. The molecule has 0 amide bonds. The Balaban J connectivity index is 3.46. The summed E-state index contributed by atoms with van der Waals surface area (Å²) < 4.78 is 10.3. The van der Waals surface area contributed by atoms with Crippen LogP contribution in [0.15, 0.2) is 12.2 Å². The Hall–Kier alpha value is -0.613. The van der Waals surface area contributed by atoms with Gasteiger partial charge >= 0.3 is 5.97 Å². The van der Waals surface area contributed by atoms with Gasteiger partial charge in [-0.05, 0) is 25.4 Å². The summed E-state index contributed by atoms with van der Waals surface area (Å²) in [4.78, 5) is 11.0. The van der Waals surface area contributed by atoms with E-state index in [1.807, 2.05) is 0 Å². The minimum Gasteiger partial charge on any atom is -0.462 e. The molecule has 1 unspecified atom stereocenters. The van der Waals surface area contributed by atoms with Crippen LogP contribution in [0.1, 0.15) is 20.3 Å². The zero-order valence-electron chi connectivity index (χ0n) is 9.34. The largest absolute Gasteiger partial charge is 0.462 e. The van der Waals surface area contributed by atoms with Gasteiger partial charge in [-0.25, -0.2) is 4.79 Å². The van der Waals surface area contributed by atoms with Gasteiger partial charge in [-0.15, -0.1) is 0 Å². The number of rotatable bonds is 7. The van der Waals surface area contributed by atoms with Crippen LogP contribution in [0, 0.1) is 0 Å². The van der Waals surface area contributed by atoms with Crippen LogP contribution in [-0.4, -0.2) is 28.7 Å². The minimum atomic E-state index is -0.993. The molecule has 0 saturated heterocycles. The Morgan fingerprint density at radius 2 is 2.14 bits per heavy atom. The fraction of sp³-hybridized carbons (Fsp3) is 0.700. The summed E-state index contributed by atoms with van der Waals surface area (Å²) in [6.07, 6.45) is 0.900. The lowest BCUT2D eigenvalue weighted by Gasteiger charge is -2.10. The summed E-state index contributed by atoms with van der Waals surface area (Å²) in [7, 11) is 0.771. The highest BCUT2D eigenvalue weighted by atomic mass is 28.3. The predicted octanol–water partition coefficient (Wildman–Crippen LogP) is 1.89. The van der Waals surface area contributed by atoms with Crippen LogP contribution < -0.4 is 0 Å². The van der Waals surface area contributed by atoms with Crippen molar-refractivity contribution in [1.82, 2.24) is 0 Å². The second-order valence-electron chi connectivity index (χ2n) is 3.32. The highest BCUT2D eigenvalue weighted by Gasteiger charge is 2.07. The van der Waals surface area contributed by atoms with Crippen LogP contribution in [0.5, 0.6) is 0 Å². The van der Waals surface area contributed by atoms with E-state index in [9.17, 15) is 4.79 Å². The Labute approximate surface area is 87.8 Å². The first-order chi connectivity index (χ1) is 6.61. The third-order valence-electron chi connectivity index (χ3n) is 2.04. The molecule has 0 spiro atoms. The molecule has 14 heavy (non-hydrogen) atoms. The number of hydrogen-bond acceptors (Lipinski definition) is 3. The molecule has 0 rings (SSSR count). The van der Waals surface area contributed by atoms with Crippen LogP contribution >= 0.6 is 0 Å². The second kappa shape index (κ2) is 7.76. The van der Waals surface area contributed by atoms with Crippen molar-refractivity contribution < 1.29 is 14.0 Å². The Kier molecular flexibility index (Phi) is 7.42. The summed E-state index contributed by atoms with van der Waals surface area (Å²) in [5, 5.41) is 0. The van der Waals surface area contributed by atoms with Crippen molar-refractivity contribution in [1.29, 1.82) is 0 Å². The first kappa shape index (κ1) is 13.4. The molecule has 1 atom stereocenters. The number of hydrogen-bond donors (Lipinski definition) is 0. The molecule has 82 valence electrons. The average Bonchev–Trinajstić information content (AvgIpc) is 2.17. The quantitative estimate of drug-likeness (QED) is 0.282. The molecule has 0 aromatic carbocycles.